The van der Waals surface area contributed by atoms with E-state index < -0.39 is 11.2 Å². The van der Waals surface area contributed by atoms with Crippen molar-refractivity contribution in [1.82, 2.24) is 5.16 Å². The van der Waals surface area contributed by atoms with Crippen LogP contribution >= 0.6 is 11.8 Å². The Labute approximate surface area is 161 Å². The number of methoxy groups -OCH3 is 1. The number of nitrogens with zero attached hydrogens (tertiary/aromatic N) is 1. The lowest BCUT2D eigenvalue weighted by atomic mass is 10.1. The van der Waals surface area contributed by atoms with Crippen molar-refractivity contribution < 1.29 is 23.6 Å². The minimum atomic E-state index is -0.478. The van der Waals surface area contributed by atoms with Gasteiger partial charge in [-0.05, 0) is 38.5 Å². The van der Waals surface area contributed by atoms with Crippen LogP contribution in [0.25, 0.3) is 0 Å². The molecule has 0 aliphatic rings. The Hall–Kier alpha value is -2.81. The average molecular weight is 391 g/mol. The number of anilines is 2. The molecule has 1 heterocycles. The van der Waals surface area contributed by atoms with Crippen molar-refractivity contribution >= 4 is 41.1 Å². The first-order chi connectivity index (χ1) is 12.8. The molecule has 2 rings (SSSR count). The molecular formula is C18H21N3O5S. The molecule has 1 aromatic heterocycles. The third-order valence-corrected chi connectivity index (χ3v) is 4.79. The zero-order valence-electron chi connectivity index (χ0n) is 15.5. The zero-order chi connectivity index (χ0) is 20.0. The Kier molecular flexibility index (Phi) is 7.00. The standard InChI is InChI=1S/C18H21N3O5S/c1-10-5-6-13(18(24)25-4)8-14(10)19-16(22)9-27-12(3)17(23)20-15-7-11(2)26-21-15/h5-8,12H,9H2,1-4H3,(H,19,22)(H,20,21,23). The van der Waals surface area contributed by atoms with E-state index in [9.17, 15) is 14.4 Å². The van der Waals surface area contributed by atoms with Crippen molar-refractivity contribution in [2.24, 2.45) is 0 Å². The second-order valence-electron chi connectivity index (χ2n) is 5.83. The van der Waals surface area contributed by atoms with Crippen LogP contribution in [-0.2, 0) is 14.3 Å². The van der Waals surface area contributed by atoms with E-state index in [0.717, 1.165) is 5.56 Å². The van der Waals surface area contributed by atoms with E-state index in [1.54, 1.807) is 38.1 Å². The van der Waals surface area contributed by atoms with Crippen LogP contribution in [-0.4, -0.2) is 41.1 Å². The number of aromatic nitrogens is 1. The number of thioether (sulfide) groups is 1. The lowest BCUT2D eigenvalue weighted by Crippen LogP contribution is -2.25. The van der Waals surface area contributed by atoms with Crippen molar-refractivity contribution in [2.75, 3.05) is 23.5 Å². The molecule has 0 bridgehead atoms. The molecule has 0 saturated carbocycles. The minimum absolute atomic E-state index is 0.0777. The van der Waals surface area contributed by atoms with Gasteiger partial charge in [0.2, 0.25) is 11.8 Å². The first-order valence-electron chi connectivity index (χ1n) is 8.14. The summed E-state index contributed by atoms with van der Waals surface area (Å²) in [4.78, 5) is 35.9. The second kappa shape index (κ2) is 9.22. The van der Waals surface area contributed by atoms with Crippen LogP contribution in [0.2, 0.25) is 0 Å². The number of aryl methyl sites for hydroxylation is 2. The fourth-order valence-electron chi connectivity index (χ4n) is 2.12. The molecule has 0 fully saturated rings. The monoisotopic (exact) mass is 391 g/mol. The molecule has 144 valence electrons. The Morgan fingerprint density at radius 2 is 1.96 bits per heavy atom. The smallest absolute Gasteiger partial charge is 0.337 e. The van der Waals surface area contributed by atoms with Gasteiger partial charge in [0, 0.05) is 11.8 Å². The third kappa shape index (κ3) is 5.85. The van der Waals surface area contributed by atoms with Crippen LogP contribution in [0.15, 0.2) is 28.8 Å². The van der Waals surface area contributed by atoms with Gasteiger partial charge in [-0.2, -0.15) is 0 Å². The molecule has 1 aromatic carbocycles. The Morgan fingerprint density at radius 3 is 2.59 bits per heavy atom. The fraction of sp³-hybridized carbons (Fsp3) is 0.333. The van der Waals surface area contributed by atoms with E-state index in [1.807, 2.05) is 6.92 Å². The van der Waals surface area contributed by atoms with Crippen molar-refractivity contribution in [3.63, 3.8) is 0 Å². The number of esters is 1. The Bertz CT molecular complexity index is 849. The first-order valence-corrected chi connectivity index (χ1v) is 9.19. The Balaban J connectivity index is 1.88. The largest absolute Gasteiger partial charge is 0.465 e. The zero-order valence-corrected chi connectivity index (χ0v) is 16.3. The molecule has 0 aliphatic heterocycles. The van der Waals surface area contributed by atoms with Crippen molar-refractivity contribution in [3.05, 3.63) is 41.2 Å². The highest BCUT2D eigenvalue weighted by Gasteiger charge is 2.17. The number of ether oxygens (including phenoxy) is 1. The van der Waals surface area contributed by atoms with Gasteiger partial charge in [-0.25, -0.2) is 4.79 Å². The van der Waals surface area contributed by atoms with Crippen LogP contribution < -0.4 is 10.6 Å². The number of nitrogens with one attached hydrogen (secondary N) is 2. The lowest BCUT2D eigenvalue weighted by molar-refractivity contribution is -0.115. The van der Waals surface area contributed by atoms with Crippen molar-refractivity contribution in [1.29, 1.82) is 0 Å². The van der Waals surface area contributed by atoms with E-state index in [-0.39, 0.29) is 17.6 Å². The quantitative estimate of drug-likeness (QED) is 0.698. The molecule has 8 nitrogen and oxygen atoms in total. The molecule has 2 aromatic rings. The summed E-state index contributed by atoms with van der Waals surface area (Å²) in [5, 5.41) is 8.61. The van der Waals surface area contributed by atoms with E-state index in [2.05, 4.69) is 20.5 Å². The maximum Gasteiger partial charge on any atom is 0.337 e. The maximum absolute atomic E-state index is 12.2. The molecule has 0 aliphatic carbocycles. The molecule has 0 radical (unpaired) electrons. The van der Waals surface area contributed by atoms with Gasteiger partial charge in [0.25, 0.3) is 0 Å². The summed E-state index contributed by atoms with van der Waals surface area (Å²) in [7, 11) is 1.30. The first kappa shape index (κ1) is 20.5. The fourth-order valence-corrected chi connectivity index (χ4v) is 2.80. The molecule has 27 heavy (non-hydrogen) atoms. The number of benzene rings is 1. The third-order valence-electron chi connectivity index (χ3n) is 3.65. The summed E-state index contributed by atoms with van der Waals surface area (Å²) < 4.78 is 9.57. The number of rotatable bonds is 7. The van der Waals surface area contributed by atoms with Crippen LogP contribution in [0.1, 0.15) is 28.6 Å². The summed E-state index contributed by atoms with van der Waals surface area (Å²) in [5.74, 6) is -0.0200. The van der Waals surface area contributed by atoms with Gasteiger partial charge in [0.15, 0.2) is 5.82 Å². The summed E-state index contributed by atoms with van der Waals surface area (Å²) in [6.07, 6.45) is 0. The van der Waals surface area contributed by atoms with E-state index in [1.165, 1.54) is 18.9 Å². The average Bonchev–Trinajstić information content (AvgIpc) is 3.05. The molecule has 2 amide bonds. The van der Waals surface area contributed by atoms with Crippen molar-refractivity contribution in [3.8, 4) is 0 Å². The molecule has 0 saturated heterocycles. The summed E-state index contributed by atoms with van der Waals surface area (Å²) in [5.41, 5.74) is 1.69. The number of hydrogen-bond donors (Lipinski definition) is 2. The van der Waals surface area contributed by atoms with Crippen molar-refractivity contribution in [2.45, 2.75) is 26.0 Å². The second-order valence-corrected chi connectivity index (χ2v) is 7.16. The van der Waals surface area contributed by atoms with Gasteiger partial charge in [-0.3, -0.25) is 9.59 Å². The molecule has 0 spiro atoms. The molecule has 2 N–H and O–H groups in total. The highest BCUT2D eigenvalue weighted by molar-refractivity contribution is 8.01. The van der Waals surface area contributed by atoms with Crippen LogP contribution in [0.3, 0.4) is 0 Å². The van der Waals surface area contributed by atoms with E-state index in [4.69, 9.17) is 4.52 Å². The lowest BCUT2D eigenvalue weighted by Gasteiger charge is -2.12. The van der Waals surface area contributed by atoms with Crippen LogP contribution in [0.5, 0.6) is 0 Å². The number of amides is 2. The molecule has 1 unspecified atom stereocenters. The van der Waals surface area contributed by atoms with Gasteiger partial charge in [0.05, 0.1) is 23.7 Å². The molecule has 9 heteroatoms. The Morgan fingerprint density at radius 1 is 1.22 bits per heavy atom. The van der Waals surface area contributed by atoms with Gasteiger partial charge in [-0.1, -0.05) is 11.2 Å². The van der Waals surface area contributed by atoms with Gasteiger partial charge < -0.3 is 19.9 Å². The molecule has 1 atom stereocenters. The highest BCUT2D eigenvalue weighted by Crippen LogP contribution is 2.19. The van der Waals surface area contributed by atoms with E-state index >= 15 is 0 Å². The van der Waals surface area contributed by atoms with Gasteiger partial charge >= 0.3 is 5.97 Å². The predicted molar refractivity (Wildman–Crippen MR) is 103 cm³/mol. The SMILES string of the molecule is COC(=O)c1ccc(C)c(NC(=O)CSC(C)C(=O)Nc2cc(C)on2)c1. The predicted octanol–water partition coefficient (Wildman–Crippen LogP) is 2.78. The summed E-state index contributed by atoms with van der Waals surface area (Å²) in [6.45, 7) is 5.24. The number of hydrogen-bond acceptors (Lipinski definition) is 7. The number of carbonyl (C=O) groups excluding carboxylic acids is 3. The van der Waals surface area contributed by atoms with Crippen LogP contribution in [0, 0.1) is 13.8 Å². The molecular weight excluding hydrogens is 370 g/mol. The van der Waals surface area contributed by atoms with Gasteiger partial charge in [-0.15, -0.1) is 11.8 Å². The number of carbonyl (C=O) groups is 3. The minimum Gasteiger partial charge on any atom is -0.465 e. The van der Waals surface area contributed by atoms with Crippen LogP contribution in [0.4, 0.5) is 11.5 Å². The topological polar surface area (TPSA) is 111 Å². The summed E-state index contributed by atoms with van der Waals surface area (Å²) >= 11 is 1.18. The normalized spacial score (nSPS) is 11.6. The summed E-state index contributed by atoms with van der Waals surface area (Å²) in [6, 6.07) is 6.53. The maximum atomic E-state index is 12.2. The van der Waals surface area contributed by atoms with E-state index in [0.29, 0.717) is 22.8 Å². The highest BCUT2D eigenvalue weighted by atomic mass is 32.2. The van der Waals surface area contributed by atoms with Gasteiger partial charge in [0.1, 0.15) is 5.76 Å².